The number of aliphatic hydroxyl groups excluding tert-OH is 1. The third kappa shape index (κ3) is 6.99. The van der Waals surface area contributed by atoms with Crippen LogP contribution in [0.3, 0.4) is 0 Å². The Morgan fingerprint density at radius 2 is 1.74 bits per heavy atom. The van der Waals surface area contributed by atoms with Crippen molar-refractivity contribution < 1.29 is 9.84 Å². The zero-order chi connectivity index (χ0) is 22.2. The molecule has 1 saturated heterocycles. The number of aliphatic hydroxyl groups is 1. The Balaban J connectivity index is 1.61. The maximum absolute atomic E-state index is 10.3. The highest BCUT2D eigenvalue weighted by molar-refractivity contribution is 5.51. The van der Waals surface area contributed by atoms with E-state index in [2.05, 4.69) is 59.8 Å². The van der Waals surface area contributed by atoms with Crippen molar-refractivity contribution in [1.82, 2.24) is 14.9 Å². The smallest absolute Gasteiger partial charge is 0.136 e. The van der Waals surface area contributed by atoms with Crippen LogP contribution in [0.1, 0.15) is 48.0 Å². The number of benzene rings is 1. The molecule has 0 saturated carbocycles. The maximum Gasteiger partial charge on any atom is 0.136 e. The number of piperazine rings is 1. The van der Waals surface area contributed by atoms with Crippen molar-refractivity contribution in [2.45, 2.75) is 53.1 Å². The van der Waals surface area contributed by atoms with Crippen molar-refractivity contribution in [3.05, 3.63) is 52.5 Å². The minimum Gasteiger partial charge on any atom is -0.389 e. The number of hydrogen-bond acceptors (Lipinski definition) is 6. The van der Waals surface area contributed by atoms with Gasteiger partial charge in [-0.15, -0.1) is 0 Å². The molecule has 2 aromatic rings. The van der Waals surface area contributed by atoms with Crippen LogP contribution >= 0.6 is 0 Å². The van der Waals surface area contributed by atoms with Crippen LogP contribution in [0.5, 0.6) is 0 Å². The Morgan fingerprint density at radius 3 is 2.42 bits per heavy atom. The third-order valence-corrected chi connectivity index (χ3v) is 5.90. The number of rotatable bonds is 10. The number of anilines is 1. The average molecular weight is 427 g/mol. The molecule has 6 heteroatoms. The summed E-state index contributed by atoms with van der Waals surface area (Å²) in [7, 11) is 0. The van der Waals surface area contributed by atoms with Crippen LogP contribution in [0.4, 0.5) is 5.82 Å². The summed E-state index contributed by atoms with van der Waals surface area (Å²) in [5.41, 5.74) is 4.83. The highest BCUT2D eigenvalue weighted by atomic mass is 16.5. The molecule has 170 valence electrons. The second-order valence-electron chi connectivity index (χ2n) is 8.69. The van der Waals surface area contributed by atoms with Gasteiger partial charge in [-0.25, -0.2) is 9.97 Å². The molecule has 1 aromatic carbocycles. The Kier molecular flexibility index (Phi) is 8.81. The number of hydrogen-bond donors (Lipinski definition) is 1. The lowest BCUT2D eigenvalue weighted by molar-refractivity contribution is 0.0150. The molecule has 1 fully saturated rings. The van der Waals surface area contributed by atoms with E-state index in [9.17, 15) is 5.11 Å². The van der Waals surface area contributed by atoms with Gasteiger partial charge in [-0.2, -0.15) is 0 Å². The van der Waals surface area contributed by atoms with E-state index < -0.39 is 6.10 Å². The van der Waals surface area contributed by atoms with Gasteiger partial charge in [0, 0.05) is 57.0 Å². The SMILES string of the molecule is CCCCOCC(O)CN1CCN(c2nc(C)nc(C)c2Cc2ccc(C)cc2)CC1. The van der Waals surface area contributed by atoms with Gasteiger partial charge < -0.3 is 14.7 Å². The predicted octanol–water partition coefficient (Wildman–Crippen LogP) is 3.29. The Hall–Kier alpha value is -2.02. The van der Waals surface area contributed by atoms with Crippen molar-refractivity contribution in [3.63, 3.8) is 0 Å². The first-order valence-electron chi connectivity index (χ1n) is 11.6. The molecule has 6 nitrogen and oxygen atoms in total. The van der Waals surface area contributed by atoms with E-state index in [-0.39, 0.29) is 0 Å². The molecule has 31 heavy (non-hydrogen) atoms. The summed E-state index contributed by atoms with van der Waals surface area (Å²) >= 11 is 0. The topological polar surface area (TPSA) is 61.7 Å². The monoisotopic (exact) mass is 426 g/mol. The molecule has 1 aliphatic heterocycles. The summed E-state index contributed by atoms with van der Waals surface area (Å²) < 4.78 is 5.57. The third-order valence-electron chi connectivity index (χ3n) is 5.90. The van der Waals surface area contributed by atoms with Gasteiger partial charge >= 0.3 is 0 Å². The lowest BCUT2D eigenvalue weighted by Gasteiger charge is -2.37. The number of nitrogens with zero attached hydrogens (tertiary/aromatic N) is 4. The van der Waals surface area contributed by atoms with Gasteiger partial charge in [0.1, 0.15) is 11.6 Å². The van der Waals surface area contributed by atoms with Crippen molar-refractivity contribution in [2.24, 2.45) is 0 Å². The van der Waals surface area contributed by atoms with Crippen molar-refractivity contribution in [3.8, 4) is 0 Å². The van der Waals surface area contributed by atoms with E-state index in [1.807, 2.05) is 6.92 Å². The normalized spacial score (nSPS) is 16.0. The molecule has 1 atom stereocenters. The second kappa shape index (κ2) is 11.6. The quantitative estimate of drug-likeness (QED) is 0.588. The molecule has 0 spiro atoms. The predicted molar refractivity (Wildman–Crippen MR) is 126 cm³/mol. The van der Waals surface area contributed by atoms with E-state index in [0.717, 1.165) is 69.4 Å². The maximum atomic E-state index is 10.3. The lowest BCUT2D eigenvalue weighted by atomic mass is 10.0. The Bertz CT molecular complexity index is 817. The summed E-state index contributed by atoms with van der Waals surface area (Å²) in [6.07, 6.45) is 2.58. The van der Waals surface area contributed by atoms with E-state index in [1.165, 1.54) is 16.7 Å². The van der Waals surface area contributed by atoms with Crippen LogP contribution < -0.4 is 4.90 Å². The fourth-order valence-electron chi connectivity index (χ4n) is 4.06. The van der Waals surface area contributed by atoms with Crippen LogP contribution in [0.15, 0.2) is 24.3 Å². The van der Waals surface area contributed by atoms with Gasteiger partial charge in [-0.3, -0.25) is 4.90 Å². The van der Waals surface area contributed by atoms with Crippen molar-refractivity contribution >= 4 is 5.82 Å². The number of aromatic nitrogens is 2. The van der Waals surface area contributed by atoms with Crippen LogP contribution in [-0.2, 0) is 11.2 Å². The molecular weight excluding hydrogens is 388 g/mol. The van der Waals surface area contributed by atoms with E-state index >= 15 is 0 Å². The molecule has 0 radical (unpaired) electrons. The van der Waals surface area contributed by atoms with Gasteiger partial charge in [0.15, 0.2) is 0 Å². The molecule has 1 aliphatic rings. The molecule has 0 aliphatic carbocycles. The Labute approximate surface area is 187 Å². The summed E-state index contributed by atoms with van der Waals surface area (Å²) in [4.78, 5) is 14.2. The van der Waals surface area contributed by atoms with Crippen LogP contribution in [-0.4, -0.2) is 72.0 Å². The largest absolute Gasteiger partial charge is 0.389 e. The molecule has 0 amide bonds. The summed E-state index contributed by atoms with van der Waals surface area (Å²) in [6, 6.07) is 8.71. The number of unbranched alkanes of at least 4 members (excludes halogenated alkanes) is 1. The van der Waals surface area contributed by atoms with Crippen LogP contribution in [0.2, 0.25) is 0 Å². The first-order valence-corrected chi connectivity index (χ1v) is 11.6. The molecule has 1 unspecified atom stereocenters. The summed E-state index contributed by atoms with van der Waals surface area (Å²) in [5.74, 6) is 1.89. The number of β-amino-alcohol motifs (C(OH)–C–C–N with tert-alkyl or cyclic N) is 1. The molecule has 2 heterocycles. The average Bonchev–Trinajstić information content (AvgIpc) is 2.75. The molecule has 1 aromatic heterocycles. The van der Waals surface area contributed by atoms with Crippen molar-refractivity contribution in [1.29, 1.82) is 0 Å². The molecular formula is C25H38N4O2. The molecule has 3 rings (SSSR count). The molecule has 0 bridgehead atoms. The highest BCUT2D eigenvalue weighted by Crippen LogP contribution is 2.25. The van der Waals surface area contributed by atoms with Gasteiger partial charge in [0.25, 0.3) is 0 Å². The van der Waals surface area contributed by atoms with Gasteiger partial charge in [0.2, 0.25) is 0 Å². The van der Waals surface area contributed by atoms with Gasteiger partial charge in [0.05, 0.1) is 12.7 Å². The van der Waals surface area contributed by atoms with E-state index in [0.29, 0.717) is 13.2 Å². The van der Waals surface area contributed by atoms with E-state index in [4.69, 9.17) is 9.72 Å². The standard InChI is InChI=1S/C25H38N4O2/c1-5-6-15-31-18-23(30)17-28-11-13-29(14-12-28)25-24(20(3)26-21(4)27-25)16-22-9-7-19(2)8-10-22/h7-10,23,30H,5-6,11-18H2,1-4H3. The van der Waals surface area contributed by atoms with Crippen LogP contribution in [0.25, 0.3) is 0 Å². The fourth-order valence-corrected chi connectivity index (χ4v) is 4.06. The fraction of sp³-hybridized carbons (Fsp3) is 0.600. The zero-order valence-electron chi connectivity index (χ0n) is 19.6. The summed E-state index contributed by atoms with van der Waals surface area (Å²) in [6.45, 7) is 13.8. The number of aryl methyl sites for hydroxylation is 3. The van der Waals surface area contributed by atoms with E-state index in [1.54, 1.807) is 0 Å². The summed E-state index contributed by atoms with van der Waals surface area (Å²) in [5, 5.41) is 10.3. The van der Waals surface area contributed by atoms with Gasteiger partial charge in [-0.1, -0.05) is 43.2 Å². The molecule has 1 N–H and O–H groups in total. The number of ether oxygens (including phenoxy) is 1. The van der Waals surface area contributed by atoms with Crippen LogP contribution in [0, 0.1) is 20.8 Å². The lowest BCUT2D eigenvalue weighted by Crippen LogP contribution is -2.49. The minimum atomic E-state index is -0.427. The van der Waals surface area contributed by atoms with Crippen molar-refractivity contribution in [2.75, 3.05) is 50.8 Å². The minimum absolute atomic E-state index is 0.422. The second-order valence-corrected chi connectivity index (χ2v) is 8.69. The Morgan fingerprint density at radius 1 is 1.03 bits per heavy atom. The first-order chi connectivity index (χ1) is 15.0. The zero-order valence-corrected chi connectivity index (χ0v) is 19.6. The first kappa shape index (κ1) is 23.6. The van der Waals surface area contributed by atoms with Gasteiger partial charge in [-0.05, 0) is 32.8 Å². The highest BCUT2D eigenvalue weighted by Gasteiger charge is 2.23.